The number of amides is 1. The number of halogens is 3. The molecule has 0 radical (unpaired) electrons. The molecule has 1 amide bonds. The Bertz CT molecular complexity index is 289. The van der Waals surface area contributed by atoms with E-state index < -0.39 is 9.96 Å². The molecular formula is C12H21Cl3N2O2. The van der Waals surface area contributed by atoms with E-state index in [-0.39, 0.29) is 17.9 Å². The summed E-state index contributed by atoms with van der Waals surface area (Å²) in [7, 11) is 0. The van der Waals surface area contributed by atoms with E-state index in [1.807, 2.05) is 13.8 Å². The first-order valence-corrected chi connectivity index (χ1v) is 7.63. The van der Waals surface area contributed by atoms with Gasteiger partial charge in [-0.05, 0) is 18.8 Å². The molecule has 4 nitrogen and oxygen atoms in total. The summed E-state index contributed by atoms with van der Waals surface area (Å²) in [5.41, 5.74) is 0. The van der Waals surface area contributed by atoms with Crippen LogP contribution in [-0.2, 0) is 9.53 Å². The summed E-state index contributed by atoms with van der Waals surface area (Å²) in [5.74, 6) is 0.125. The maximum atomic E-state index is 11.7. The fourth-order valence-corrected chi connectivity index (χ4v) is 2.29. The first-order chi connectivity index (χ1) is 8.79. The minimum absolute atomic E-state index is 0.122. The lowest BCUT2D eigenvalue weighted by atomic mass is 10.1. The summed E-state index contributed by atoms with van der Waals surface area (Å²) in [6, 6.07) is 0. The van der Waals surface area contributed by atoms with E-state index in [2.05, 4.69) is 10.6 Å². The third kappa shape index (κ3) is 7.00. The summed E-state index contributed by atoms with van der Waals surface area (Å²) in [6.07, 6.45) is 1.84. The minimum Gasteiger partial charge on any atom is -0.377 e. The van der Waals surface area contributed by atoms with E-state index in [1.54, 1.807) is 0 Å². The highest BCUT2D eigenvalue weighted by molar-refractivity contribution is 6.68. The summed E-state index contributed by atoms with van der Waals surface area (Å²) >= 11 is 17.6. The SMILES string of the molecule is CC(C)CC(=O)N[C@H](NC[C@@H]1CCCO1)C(Cl)(Cl)Cl. The fourth-order valence-electron chi connectivity index (χ4n) is 1.89. The van der Waals surface area contributed by atoms with E-state index in [0.29, 0.717) is 13.0 Å². The van der Waals surface area contributed by atoms with Gasteiger partial charge in [-0.2, -0.15) is 0 Å². The van der Waals surface area contributed by atoms with Crippen molar-refractivity contribution in [3.8, 4) is 0 Å². The van der Waals surface area contributed by atoms with Crippen molar-refractivity contribution in [1.29, 1.82) is 0 Å². The number of carbonyl (C=O) groups is 1. The van der Waals surface area contributed by atoms with Gasteiger partial charge in [-0.3, -0.25) is 10.1 Å². The number of hydrogen-bond donors (Lipinski definition) is 2. The van der Waals surface area contributed by atoms with Crippen LogP contribution in [-0.4, -0.2) is 35.1 Å². The molecule has 1 aliphatic rings. The Kier molecular flexibility index (Phi) is 7.19. The molecule has 2 N–H and O–H groups in total. The van der Waals surface area contributed by atoms with Gasteiger partial charge in [0.15, 0.2) is 0 Å². The third-order valence-corrected chi connectivity index (χ3v) is 3.45. The van der Waals surface area contributed by atoms with Crippen molar-refractivity contribution >= 4 is 40.7 Å². The second kappa shape index (κ2) is 7.89. The first kappa shape index (κ1) is 17.3. The summed E-state index contributed by atoms with van der Waals surface area (Å²) < 4.78 is 3.89. The Morgan fingerprint density at radius 2 is 2.11 bits per heavy atom. The molecule has 0 aromatic rings. The van der Waals surface area contributed by atoms with E-state index >= 15 is 0 Å². The molecule has 0 aromatic carbocycles. The van der Waals surface area contributed by atoms with Gasteiger partial charge in [0, 0.05) is 19.6 Å². The second-order valence-electron chi connectivity index (χ2n) is 5.18. The second-order valence-corrected chi connectivity index (χ2v) is 7.55. The van der Waals surface area contributed by atoms with Crippen LogP contribution in [0.15, 0.2) is 0 Å². The van der Waals surface area contributed by atoms with E-state index in [4.69, 9.17) is 39.5 Å². The summed E-state index contributed by atoms with van der Waals surface area (Å²) in [4.78, 5) is 11.7. The van der Waals surface area contributed by atoms with Crippen molar-refractivity contribution < 1.29 is 9.53 Å². The highest BCUT2D eigenvalue weighted by Gasteiger charge is 2.34. The predicted octanol–water partition coefficient (Wildman–Crippen LogP) is 2.61. The molecule has 1 aliphatic heterocycles. The molecule has 0 saturated carbocycles. The van der Waals surface area contributed by atoms with Gasteiger partial charge in [0.25, 0.3) is 0 Å². The Morgan fingerprint density at radius 1 is 1.42 bits per heavy atom. The smallest absolute Gasteiger partial charge is 0.223 e. The van der Waals surface area contributed by atoms with Crippen LogP contribution in [0.25, 0.3) is 0 Å². The number of alkyl halides is 3. The Hall–Kier alpha value is 0.260. The van der Waals surface area contributed by atoms with Crippen LogP contribution in [0.4, 0.5) is 0 Å². The van der Waals surface area contributed by atoms with Crippen LogP contribution in [0.1, 0.15) is 33.1 Å². The van der Waals surface area contributed by atoms with Gasteiger partial charge in [-0.25, -0.2) is 0 Å². The van der Waals surface area contributed by atoms with Gasteiger partial charge in [0.2, 0.25) is 9.70 Å². The highest BCUT2D eigenvalue weighted by Crippen LogP contribution is 2.29. The zero-order chi connectivity index (χ0) is 14.5. The van der Waals surface area contributed by atoms with Crippen molar-refractivity contribution in [3.05, 3.63) is 0 Å². The molecule has 1 heterocycles. The maximum absolute atomic E-state index is 11.7. The number of ether oxygens (including phenoxy) is 1. The average molecular weight is 332 g/mol. The van der Waals surface area contributed by atoms with Crippen LogP contribution < -0.4 is 10.6 Å². The van der Waals surface area contributed by atoms with Crippen LogP contribution >= 0.6 is 34.8 Å². The molecule has 0 bridgehead atoms. The molecule has 112 valence electrons. The van der Waals surface area contributed by atoms with Gasteiger partial charge in [0.05, 0.1) is 6.10 Å². The Morgan fingerprint density at radius 3 is 2.58 bits per heavy atom. The standard InChI is InChI=1S/C12H21Cl3N2O2/c1-8(2)6-10(18)17-11(12(13,14)15)16-7-9-4-3-5-19-9/h8-9,11,16H,3-7H2,1-2H3,(H,17,18)/t9-,11-/m0/s1. The summed E-state index contributed by atoms with van der Waals surface area (Å²) in [5, 5.41) is 5.76. The predicted molar refractivity (Wildman–Crippen MR) is 78.7 cm³/mol. The van der Waals surface area contributed by atoms with Crippen LogP contribution in [0, 0.1) is 5.92 Å². The van der Waals surface area contributed by atoms with Crippen LogP contribution in [0.3, 0.4) is 0 Å². The van der Waals surface area contributed by atoms with Gasteiger partial charge in [-0.15, -0.1) is 0 Å². The molecule has 19 heavy (non-hydrogen) atoms. The van der Waals surface area contributed by atoms with Gasteiger partial charge in [-0.1, -0.05) is 48.7 Å². The van der Waals surface area contributed by atoms with Crippen LogP contribution in [0.2, 0.25) is 0 Å². The van der Waals surface area contributed by atoms with Gasteiger partial charge >= 0.3 is 0 Å². The normalized spacial score (nSPS) is 21.7. The Labute approximate surface area is 129 Å². The van der Waals surface area contributed by atoms with Crippen molar-refractivity contribution in [2.24, 2.45) is 5.92 Å². The third-order valence-electron chi connectivity index (χ3n) is 2.80. The molecule has 7 heteroatoms. The number of nitrogens with one attached hydrogen (secondary N) is 2. The summed E-state index contributed by atoms with van der Waals surface area (Å²) in [6.45, 7) is 5.25. The molecular weight excluding hydrogens is 311 g/mol. The molecule has 2 atom stereocenters. The van der Waals surface area contributed by atoms with E-state index in [9.17, 15) is 4.79 Å². The first-order valence-electron chi connectivity index (χ1n) is 6.50. The van der Waals surface area contributed by atoms with Crippen molar-refractivity contribution in [2.75, 3.05) is 13.2 Å². The average Bonchev–Trinajstić information content (AvgIpc) is 2.74. The zero-order valence-corrected chi connectivity index (χ0v) is 13.5. The Balaban J connectivity index is 2.44. The monoisotopic (exact) mass is 330 g/mol. The molecule has 1 rings (SSSR count). The molecule has 0 spiro atoms. The van der Waals surface area contributed by atoms with E-state index in [1.165, 1.54) is 0 Å². The molecule has 1 saturated heterocycles. The van der Waals surface area contributed by atoms with E-state index in [0.717, 1.165) is 19.4 Å². The highest BCUT2D eigenvalue weighted by atomic mass is 35.6. The number of carbonyl (C=O) groups excluding carboxylic acids is 1. The molecule has 1 fully saturated rings. The minimum atomic E-state index is -1.59. The maximum Gasteiger partial charge on any atom is 0.223 e. The lowest BCUT2D eigenvalue weighted by Gasteiger charge is -2.28. The van der Waals surface area contributed by atoms with Gasteiger partial charge < -0.3 is 10.1 Å². The van der Waals surface area contributed by atoms with Crippen LogP contribution in [0.5, 0.6) is 0 Å². The molecule has 0 aromatic heterocycles. The lowest BCUT2D eigenvalue weighted by Crippen LogP contribution is -2.55. The topological polar surface area (TPSA) is 50.4 Å². The van der Waals surface area contributed by atoms with Crippen molar-refractivity contribution in [3.63, 3.8) is 0 Å². The van der Waals surface area contributed by atoms with Crippen molar-refractivity contribution in [1.82, 2.24) is 10.6 Å². The molecule has 0 unspecified atom stereocenters. The number of hydrogen-bond acceptors (Lipinski definition) is 3. The number of rotatable bonds is 6. The van der Waals surface area contributed by atoms with Gasteiger partial charge in [0.1, 0.15) is 6.17 Å². The quantitative estimate of drug-likeness (QED) is 0.581. The molecule has 0 aliphatic carbocycles. The fraction of sp³-hybridized carbons (Fsp3) is 0.917. The lowest BCUT2D eigenvalue weighted by molar-refractivity contribution is -0.122. The largest absolute Gasteiger partial charge is 0.377 e. The zero-order valence-electron chi connectivity index (χ0n) is 11.2. The van der Waals surface area contributed by atoms with Crippen molar-refractivity contribution in [2.45, 2.75) is 49.2 Å².